The first-order valence-electron chi connectivity index (χ1n) is 2.23. The number of halogens is 4. The molecule has 0 aliphatic rings. The zero-order valence-corrected chi connectivity index (χ0v) is 16.8. The molecule has 0 atom stereocenters. The van der Waals surface area contributed by atoms with E-state index < -0.39 is 19.4 Å². The van der Waals surface area contributed by atoms with Crippen LogP contribution in [0, 0.1) is 0 Å². The molecular formula is CH6Br4NO4PPb. The molecule has 0 aliphatic heterocycles. The first-order valence-corrected chi connectivity index (χ1v) is 37.5. The van der Waals surface area contributed by atoms with Crippen LogP contribution in [0.15, 0.2) is 0 Å². The van der Waals surface area contributed by atoms with Gasteiger partial charge in [0.25, 0.3) is 0 Å². The summed E-state index contributed by atoms with van der Waals surface area (Å²) in [5, 5.41) is 0. The summed E-state index contributed by atoms with van der Waals surface area (Å²) in [5.74, 6) is 0. The molecule has 5 nitrogen and oxygen atoms in total. The number of hydrogen-bond acceptors (Lipinski definition) is 3. The van der Waals surface area contributed by atoms with Gasteiger partial charge in [-0.05, 0) is 0 Å². The van der Waals surface area contributed by atoms with Crippen molar-refractivity contribution in [3.63, 3.8) is 0 Å². The van der Waals surface area contributed by atoms with Crippen molar-refractivity contribution >= 4 is 67.3 Å². The third-order valence-electron chi connectivity index (χ3n) is 0.210. The summed E-state index contributed by atoms with van der Waals surface area (Å²) < 4.78 is 13.3. The predicted octanol–water partition coefficient (Wildman–Crippen LogP) is 2.23. The van der Waals surface area contributed by atoms with Gasteiger partial charge in [-0.3, -0.25) is 0 Å². The quantitative estimate of drug-likeness (QED) is 0.242. The molecule has 0 unspecified atom stereocenters. The Morgan fingerprint density at radius 1 is 1.33 bits per heavy atom. The van der Waals surface area contributed by atoms with Gasteiger partial charge in [-0.2, -0.15) is 10.1 Å². The van der Waals surface area contributed by atoms with Crippen LogP contribution in [0.2, 0.25) is 0 Å². The van der Waals surface area contributed by atoms with Gasteiger partial charge in [-0.1, -0.05) is 0 Å². The van der Waals surface area contributed by atoms with Crippen LogP contribution < -0.4 is 5.48 Å². The van der Waals surface area contributed by atoms with Crippen molar-refractivity contribution < 1.29 is 19.0 Å². The molecule has 0 aromatic heterocycles. The van der Waals surface area contributed by atoms with E-state index in [1.165, 1.54) is 7.05 Å². The molecule has 76 valence electrons. The zero-order chi connectivity index (χ0) is 10.4. The normalized spacial score (nSPS) is 11.9. The third kappa shape index (κ3) is 38.3. The summed E-state index contributed by atoms with van der Waals surface area (Å²) in [6.07, 6.45) is 0. The van der Waals surface area contributed by atoms with E-state index in [0.717, 1.165) is 0 Å². The minimum atomic E-state index is -4.28. The summed E-state index contributed by atoms with van der Waals surface area (Å²) in [4.78, 5) is 15.7. The van der Waals surface area contributed by atoms with Crippen LogP contribution in [0.25, 0.3) is 0 Å². The molecule has 12 heavy (non-hydrogen) atoms. The summed E-state index contributed by atoms with van der Waals surface area (Å²) in [7, 11) is -3.01. The van der Waals surface area contributed by atoms with Gasteiger partial charge in [0, 0.05) is 7.05 Å². The van der Waals surface area contributed by atoms with Gasteiger partial charge >= 0.3 is 67.3 Å². The van der Waals surface area contributed by atoms with Gasteiger partial charge in [0.15, 0.2) is 0 Å². The first-order chi connectivity index (χ1) is 5.06. The molecule has 0 aliphatic carbocycles. The molecule has 3 N–H and O–H groups in total. The van der Waals surface area contributed by atoms with Crippen molar-refractivity contribution in [3.8, 4) is 0 Å². The van der Waals surface area contributed by atoms with Gasteiger partial charge in [0.2, 0.25) is 0 Å². The SMILES string of the molecule is CNOP(=O)(O)O.[Br][Pb]([Br])([Br])[Br]. The van der Waals surface area contributed by atoms with Crippen molar-refractivity contribution in [2.24, 2.45) is 0 Å². The fourth-order valence-corrected chi connectivity index (χ4v) is 0.357. The predicted molar refractivity (Wildman–Crippen MR) is 63.7 cm³/mol. The van der Waals surface area contributed by atoms with E-state index in [0.29, 0.717) is 0 Å². The van der Waals surface area contributed by atoms with Crippen molar-refractivity contribution in [3.05, 3.63) is 0 Å². The molecule has 0 amide bonds. The van der Waals surface area contributed by atoms with Gasteiger partial charge in [-0.25, -0.2) is 4.57 Å². The van der Waals surface area contributed by atoms with Gasteiger partial charge in [0.05, 0.1) is 0 Å². The fourth-order valence-electron chi connectivity index (χ4n) is 0.119. The molecule has 0 spiro atoms. The monoisotopic (exact) mass is 651 g/mol. The summed E-state index contributed by atoms with van der Waals surface area (Å²) in [5.41, 5.74) is 1.84. The Morgan fingerprint density at radius 2 is 1.58 bits per heavy atom. The second kappa shape index (κ2) is 8.11. The van der Waals surface area contributed by atoms with Crippen LogP contribution in [0.5, 0.6) is 0 Å². The average Bonchev–Trinajstić information content (AvgIpc) is 1.54. The van der Waals surface area contributed by atoms with Gasteiger partial charge < -0.3 is 9.79 Å². The van der Waals surface area contributed by atoms with Crippen molar-refractivity contribution in [1.82, 2.24) is 5.48 Å². The van der Waals surface area contributed by atoms with Crippen LogP contribution in [-0.2, 0) is 9.19 Å². The number of hydrogen-bond donors (Lipinski definition) is 3. The summed E-state index contributed by atoms with van der Waals surface area (Å²) in [6, 6.07) is 0. The second-order valence-corrected chi connectivity index (χ2v) is 103. The zero-order valence-electron chi connectivity index (χ0n) is 5.67. The van der Waals surface area contributed by atoms with E-state index in [1.807, 2.05) is 5.48 Å². The average molecular weight is 654 g/mol. The Balaban J connectivity index is 0. The van der Waals surface area contributed by atoms with E-state index >= 15 is 0 Å². The number of phosphoric acid groups is 1. The van der Waals surface area contributed by atoms with Crippen LogP contribution in [0.3, 0.4) is 0 Å². The molecule has 0 aromatic carbocycles. The molecule has 0 aromatic rings. The third-order valence-corrected chi connectivity index (χ3v) is 0.631. The Hall–Kier alpha value is 2.91. The van der Waals surface area contributed by atoms with E-state index in [-0.39, 0.29) is 0 Å². The maximum absolute atomic E-state index is 9.64. The van der Waals surface area contributed by atoms with Crippen molar-refractivity contribution in [2.75, 3.05) is 7.05 Å². The van der Waals surface area contributed by atoms with Crippen LogP contribution in [-0.4, -0.2) is 28.4 Å². The van der Waals surface area contributed by atoms with Gasteiger partial charge in [0.1, 0.15) is 0 Å². The molecule has 11 heteroatoms. The van der Waals surface area contributed by atoms with E-state index in [2.05, 4.69) is 52.6 Å². The van der Waals surface area contributed by atoms with Gasteiger partial charge in [-0.15, -0.1) is 0 Å². The Labute approximate surface area is 97.1 Å². The summed E-state index contributed by atoms with van der Waals surface area (Å²) in [6.45, 7) is 0. The number of nitrogens with one attached hydrogen (secondary N) is 1. The molecule has 0 radical (unpaired) electrons. The van der Waals surface area contributed by atoms with Crippen molar-refractivity contribution in [1.29, 1.82) is 0 Å². The maximum atomic E-state index is 9.64. The Kier molecular flexibility index (Phi) is 11.7. The molecule has 0 fully saturated rings. The molecule has 0 heterocycles. The van der Waals surface area contributed by atoms with E-state index in [1.54, 1.807) is 0 Å². The van der Waals surface area contributed by atoms with Crippen LogP contribution >= 0.6 is 55.8 Å². The minimum absolute atomic E-state index is 1.26. The topological polar surface area (TPSA) is 78.8 Å². The standard InChI is InChI=1S/CH6NO4P.4BrH.Pb/c1-2-6-7(3,4)5;;;;;/h2H,1H3,(H2,3,4,5);4*1H;/q;;;;;+4/p-4. The second-order valence-electron chi connectivity index (χ2n) is 1.21. The van der Waals surface area contributed by atoms with E-state index in [4.69, 9.17) is 9.79 Å². The van der Waals surface area contributed by atoms with Crippen molar-refractivity contribution in [2.45, 2.75) is 0 Å². The number of rotatable bonds is 2. The molecule has 0 saturated carbocycles. The summed E-state index contributed by atoms with van der Waals surface area (Å²) >= 11 is 11.4. The van der Waals surface area contributed by atoms with Crippen LogP contribution in [0.1, 0.15) is 0 Å². The number of hydroxylamine groups is 1. The first kappa shape index (κ1) is 17.3. The van der Waals surface area contributed by atoms with E-state index in [9.17, 15) is 4.57 Å². The molecule has 0 bridgehead atoms. The van der Waals surface area contributed by atoms with Crippen LogP contribution in [0.4, 0.5) is 0 Å². The Morgan fingerprint density at radius 3 is 1.58 bits per heavy atom. The fraction of sp³-hybridized carbons (Fsp3) is 1.00. The Bertz CT molecular complexity index is 150. The molecule has 0 saturated heterocycles. The molecular weight excluding hydrogens is 648 g/mol. The molecule has 0 rings (SSSR count).